The van der Waals surface area contributed by atoms with Crippen molar-refractivity contribution in [3.8, 4) is 0 Å². The van der Waals surface area contributed by atoms with Gasteiger partial charge >= 0.3 is 0 Å². The highest BCUT2D eigenvalue weighted by Gasteiger charge is 2.03. The lowest BCUT2D eigenvalue weighted by molar-refractivity contribution is 0.0948. The molecule has 0 saturated carbocycles. The zero-order chi connectivity index (χ0) is 8.97. The SMILES string of the molecule is CCc1cccc(C(=O)NN)n1. The van der Waals surface area contributed by atoms with Crippen LogP contribution in [0.25, 0.3) is 0 Å². The first kappa shape index (κ1) is 8.67. The molecule has 0 bridgehead atoms. The van der Waals surface area contributed by atoms with E-state index in [0.717, 1.165) is 12.1 Å². The van der Waals surface area contributed by atoms with Crippen molar-refractivity contribution in [3.05, 3.63) is 29.6 Å². The fourth-order valence-electron chi connectivity index (χ4n) is 0.877. The Morgan fingerprint density at radius 2 is 2.42 bits per heavy atom. The minimum atomic E-state index is -0.356. The fraction of sp³-hybridized carbons (Fsp3) is 0.250. The molecule has 4 heteroatoms. The Labute approximate surface area is 70.8 Å². The summed E-state index contributed by atoms with van der Waals surface area (Å²) < 4.78 is 0. The summed E-state index contributed by atoms with van der Waals surface area (Å²) in [6.45, 7) is 1.98. The van der Waals surface area contributed by atoms with Crippen molar-refractivity contribution in [2.45, 2.75) is 13.3 Å². The summed E-state index contributed by atoms with van der Waals surface area (Å²) in [5.74, 6) is 4.60. The van der Waals surface area contributed by atoms with E-state index >= 15 is 0 Å². The molecular weight excluding hydrogens is 154 g/mol. The van der Waals surface area contributed by atoms with Crippen LogP contribution in [0.1, 0.15) is 23.1 Å². The summed E-state index contributed by atoms with van der Waals surface area (Å²) in [5.41, 5.74) is 3.27. The molecule has 4 nitrogen and oxygen atoms in total. The summed E-state index contributed by atoms with van der Waals surface area (Å²) in [4.78, 5) is 15.1. The summed E-state index contributed by atoms with van der Waals surface area (Å²) in [5, 5.41) is 0. The maximum Gasteiger partial charge on any atom is 0.283 e. The van der Waals surface area contributed by atoms with Crippen molar-refractivity contribution in [1.82, 2.24) is 10.4 Å². The van der Waals surface area contributed by atoms with Gasteiger partial charge in [0, 0.05) is 5.69 Å². The number of rotatable bonds is 2. The van der Waals surface area contributed by atoms with Gasteiger partial charge in [0.1, 0.15) is 5.69 Å². The molecule has 1 heterocycles. The number of nitrogens with one attached hydrogen (secondary N) is 1. The molecule has 0 aromatic carbocycles. The second kappa shape index (κ2) is 3.82. The van der Waals surface area contributed by atoms with Gasteiger partial charge in [0.2, 0.25) is 0 Å². The van der Waals surface area contributed by atoms with Gasteiger partial charge in [-0.15, -0.1) is 0 Å². The molecular formula is C8H11N3O. The van der Waals surface area contributed by atoms with Gasteiger partial charge in [-0.2, -0.15) is 0 Å². The van der Waals surface area contributed by atoms with Crippen LogP contribution in [0.2, 0.25) is 0 Å². The number of hydrazine groups is 1. The van der Waals surface area contributed by atoms with Crippen LogP contribution in [0.3, 0.4) is 0 Å². The number of amides is 1. The number of aromatic nitrogens is 1. The zero-order valence-corrected chi connectivity index (χ0v) is 6.87. The third-order valence-electron chi connectivity index (χ3n) is 1.53. The molecule has 12 heavy (non-hydrogen) atoms. The minimum Gasteiger partial charge on any atom is -0.289 e. The molecule has 0 aliphatic rings. The maximum absolute atomic E-state index is 11.0. The fourth-order valence-corrected chi connectivity index (χ4v) is 0.877. The number of nitrogens with two attached hydrogens (primary N) is 1. The molecule has 0 aliphatic carbocycles. The van der Waals surface area contributed by atoms with Gasteiger partial charge in [-0.3, -0.25) is 10.2 Å². The van der Waals surface area contributed by atoms with E-state index in [0.29, 0.717) is 5.69 Å². The molecule has 0 radical (unpaired) electrons. The molecule has 0 fully saturated rings. The van der Waals surface area contributed by atoms with Crippen LogP contribution in [-0.4, -0.2) is 10.9 Å². The number of carbonyl (C=O) groups is 1. The molecule has 1 aromatic rings. The summed E-state index contributed by atoms with van der Waals surface area (Å²) in [6, 6.07) is 5.28. The molecule has 1 amide bonds. The van der Waals surface area contributed by atoms with Crippen LogP contribution >= 0.6 is 0 Å². The minimum absolute atomic E-state index is 0.356. The van der Waals surface area contributed by atoms with E-state index in [1.165, 1.54) is 0 Å². The Kier molecular flexibility index (Phi) is 2.76. The van der Waals surface area contributed by atoms with E-state index in [1.807, 2.05) is 18.4 Å². The molecule has 64 valence electrons. The highest BCUT2D eigenvalue weighted by atomic mass is 16.2. The number of aryl methyl sites for hydroxylation is 1. The highest BCUT2D eigenvalue weighted by molar-refractivity contribution is 5.91. The van der Waals surface area contributed by atoms with Crippen molar-refractivity contribution in [1.29, 1.82) is 0 Å². The van der Waals surface area contributed by atoms with Gasteiger partial charge in [-0.25, -0.2) is 10.8 Å². The van der Waals surface area contributed by atoms with Gasteiger partial charge in [0.15, 0.2) is 0 Å². The number of hydrogen-bond acceptors (Lipinski definition) is 3. The predicted molar refractivity (Wildman–Crippen MR) is 45.3 cm³/mol. The number of nitrogen functional groups attached to an aromatic ring is 1. The molecule has 3 N–H and O–H groups in total. The smallest absolute Gasteiger partial charge is 0.283 e. The average molecular weight is 165 g/mol. The van der Waals surface area contributed by atoms with Gasteiger partial charge in [0.25, 0.3) is 5.91 Å². The number of nitrogens with zero attached hydrogens (tertiary/aromatic N) is 1. The highest BCUT2D eigenvalue weighted by Crippen LogP contribution is 1.99. The van der Waals surface area contributed by atoms with Crippen LogP contribution in [0.4, 0.5) is 0 Å². The predicted octanol–water partition coefficient (Wildman–Crippen LogP) is 0.247. The van der Waals surface area contributed by atoms with E-state index in [2.05, 4.69) is 4.98 Å². The lowest BCUT2D eigenvalue weighted by Crippen LogP contribution is -2.30. The first-order valence-electron chi connectivity index (χ1n) is 3.74. The van der Waals surface area contributed by atoms with Gasteiger partial charge < -0.3 is 0 Å². The first-order chi connectivity index (χ1) is 5.77. The second-order valence-corrected chi connectivity index (χ2v) is 2.34. The monoisotopic (exact) mass is 165 g/mol. The van der Waals surface area contributed by atoms with E-state index in [4.69, 9.17) is 5.84 Å². The quantitative estimate of drug-likeness (QED) is 0.375. The van der Waals surface area contributed by atoms with Crippen molar-refractivity contribution < 1.29 is 4.79 Å². The van der Waals surface area contributed by atoms with Gasteiger partial charge in [-0.05, 0) is 18.6 Å². The second-order valence-electron chi connectivity index (χ2n) is 2.34. The maximum atomic E-state index is 11.0. The van der Waals surface area contributed by atoms with Crippen molar-refractivity contribution in [2.75, 3.05) is 0 Å². The first-order valence-corrected chi connectivity index (χ1v) is 3.74. The van der Waals surface area contributed by atoms with Crippen LogP contribution < -0.4 is 11.3 Å². The molecule has 1 rings (SSSR count). The third-order valence-corrected chi connectivity index (χ3v) is 1.53. The van der Waals surface area contributed by atoms with Crippen LogP contribution in [-0.2, 0) is 6.42 Å². The molecule has 0 spiro atoms. The average Bonchev–Trinajstić information content (AvgIpc) is 2.17. The van der Waals surface area contributed by atoms with Crippen LogP contribution in [0.15, 0.2) is 18.2 Å². The van der Waals surface area contributed by atoms with Crippen molar-refractivity contribution in [2.24, 2.45) is 5.84 Å². The lowest BCUT2D eigenvalue weighted by atomic mass is 10.2. The molecule has 0 atom stereocenters. The Balaban J connectivity index is 2.93. The van der Waals surface area contributed by atoms with Crippen molar-refractivity contribution >= 4 is 5.91 Å². The molecule has 0 aliphatic heterocycles. The topological polar surface area (TPSA) is 68.0 Å². The third kappa shape index (κ3) is 1.79. The Morgan fingerprint density at radius 1 is 1.67 bits per heavy atom. The number of pyridine rings is 1. The Hall–Kier alpha value is -1.42. The summed E-state index contributed by atoms with van der Waals surface area (Å²) >= 11 is 0. The molecule has 0 unspecified atom stereocenters. The van der Waals surface area contributed by atoms with Gasteiger partial charge in [0.05, 0.1) is 0 Å². The summed E-state index contributed by atoms with van der Waals surface area (Å²) in [6.07, 6.45) is 0.811. The van der Waals surface area contributed by atoms with E-state index < -0.39 is 0 Å². The van der Waals surface area contributed by atoms with E-state index in [-0.39, 0.29) is 5.91 Å². The lowest BCUT2D eigenvalue weighted by Gasteiger charge is -2.00. The van der Waals surface area contributed by atoms with E-state index in [9.17, 15) is 4.79 Å². The van der Waals surface area contributed by atoms with Crippen molar-refractivity contribution in [3.63, 3.8) is 0 Å². The number of hydrogen-bond donors (Lipinski definition) is 2. The van der Waals surface area contributed by atoms with Gasteiger partial charge in [-0.1, -0.05) is 13.0 Å². The largest absolute Gasteiger partial charge is 0.289 e. The zero-order valence-electron chi connectivity index (χ0n) is 6.87. The Bertz CT molecular complexity index is 285. The molecule has 1 aromatic heterocycles. The Morgan fingerprint density at radius 3 is 3.00 bits per heavy atom. The van der Waals surface area contributed by atoms with Crippen LogP contribution in [0.5, 0.6) is 0 Å². The normalized spacial score (nSPS) is 9.50. The van der Waals surface area contributed by atoms with Crippen LogP contribution in [0, 0.1) is 0 Å². The molecule has 0 saturated heterocycles. The van der Waals surface area contributed by atoms with E-state index in [1.54, 1.807) is 12.1 Å². The number of carbonyl (C=O) groups excluding carboxylic acids is 1. The standard InChI is InChI=1S/C8H11N3O/c1-2-6-4-3-5-7(10-6)8(12)11-9/h3-5H,2,9H2,1H3,(H,11,12). The summed E-state index contributed by atoms with van der Waals surface area (Å²) in [7, 11) is 0.